The standard InChI is InChI=1S/C20H30FN3O/c1-24(2)12-17-8-13(6-7-18(17)21)11-23-20(25)16-9-14-4-3-5-15(10-16)19(14)22/h6-8,14-16,19H,3-5,9-12,22H2,1-2H3,(H,23,25). The summed E-state index contributed by atoms with van der Waals surface area (Å²) in [5.41, 5.74) is 7.92. The molecule has 2 unspecified atom stereocenters. The van der Waals surface area contributed by atoms with Crippen LogP contribution in [-0.2, 0) is 17.9 Å². The van der Waals surface area contributed by atoms with Crippen molar-refractivity contribution in [1.82, 2.24) is 10.2 Å². The zero-order valence-corrected chi connectivity index (χ0v) is 15.3. The number of nitrogens with one attached hydrogen (secondary N) is 1. The van der Waals surface area contributed by atoms with Crippen LogP contribution in [0.3, 0.4) is 0 Å². The number of fused-ring (bicyclic) bond motifs is 2. The van der Waals surface area contributed by atoms with Crippen LogP contribution in [0.2, 0.25) is 0 Å². The van der Waals surface area contributed by atoms with Gasteiger partial charge in [0.15, 0.2) is 0 Å². The Morgan fingerprint density at radius 2 is 1.96 bits per heavy atom. The molecule has 1 aromatic rings. The Morgan fingerprint density at radius 1 is 1.28 bits per heavy atom. The fourth-order valence-corrected chi connectivity index (χ4v) is 4.54. The summed E-state index contributed by atoms with van der Waals surface area (Å²) in [4.78, 5) is 14.5. The highest BCUT2D eigenvalue weighted by molar-refractivity contribution is 5.78. The lowest BCUT2D eigenvalue weighted by Crippen LogP contribution is -2.49. The Labute approximate surface area is 150 Å². The summed E-state index contributed by atoms with van der Waals surface area (Å²) in [6, 6.07) is 5.37. The van der Waals surface area contributed by atoms with E-state index in [4.69, 9.17) is 5.73 Å². The maximum atomic E-state index is 13.9. The van der Waals surface area contributed by atoms with Crippen LogP contribution in [-0.4, -0.2) is 30.9 Å². The second-order valence-electron chi connectivity index (χ2n) is 8.08. The minimum Gasteiger partial charge on any atom is -0.352 e. The van der Waals surface area contributed by atoms with E-state index in [9.17, 15) is 9.18 Å². The van der Waals surface area contributed by atoms with Gasteiger partial charge in [-0.3, -0.25) is 4.79 Å². The maximum absolute atomic E-state index is 13.9. The number of amides is 1. The Kier molecular flexibility index (Phi) is 5.74. The molecule has 0 aliphatic heterocycles. The molecule has 5 heteroatoms. The molecule has 1 aromatic carbocycles. The highest BCUT2D eigenvalue weighted by atomic mass is 19.1. The van der Waals surface area contributed by atoms with E-state index < -0.39 is 0 Å². The summed E-state index contributed by atoms with van der Waals surface area (Å²) in [6.45, 7) is 1.01. The molecule has 0 saturated heterocycles. The van der Waals surface area contributed by atoms with E-state index >= 15 is 0 Å². The molecular formula is C20H30FN3O. The van der Waals surface area contributed by atoms with Gasteiger partial charge < -0.3 is 16.0 Å². The van der Waals surface area contributed by atoms with Gasteiger partial charge in [0.25, 0.3) is 0 Å². The molecule has 25 heavy (non-hydrogen) atoms. The first-order valence-electron chi connectivity index (χ1n) is 9.39. The van der Waals surface area contributed by atoms with Gasteiger partial charge in [0, 0.05) is 30.6 Å². The van der Waals surface area contributed by atoms with Gasteiger partial charge >= 0.3 is 0 Å². The van der Waals surface area contributed by atoms with Gasteiger partial charge in [-0.15, -0.1) is 0 Å². The summed E-state index contributed by atoms with van der Waals surface area (Å²) in [7, 11) is 3.83. The van der Waals surface area contributed by atoms with Crippen molar-refractivity contribution < 1.29 is 9.18 Å². The van der Waals surface area contributed by atoms with Crippen LogP contribution in [0.15, 0.2) is 18.2 Å². The second-order valence-corrected chi connectivity index (χ2v) is 8.08. The number of nitrogens with two attached hydrogens (primary N) is 1. The summed E-state index contributed by atoms with van der Waals surface area (Å²) in [5, 5.41) is 3.06. The molecule has 2 aliphatic rings. The van der Waals surface area contributed by atoms with Crippen molar-refractivity contribution in [3.8, 4) is 0 Å². The van der Waals surface area contributed by atoms with E-state index in [0.717, 1.165) is 31.2 Å². The van der Waals surface area contributed by atoms with Crippen LogP contribution >= 0.6 is 0 Å². The molecule has 138 valence electrons. The van der Waals surface area contributed by atoms with E-state index in [1.54, 1.807) is 6.07 Å². The van der Waals surface area contributed by atoms with E-state index in [1.165, 1.54) is 12.5 Å². The maximum Gasteiger partial charge on any atom is 0.223 e. The highest BCUT2D eigenvalue weighted by Gasteiger charge is 2.40. The van der Waals surface area contributed by atoms with Crippen LogP contribution < -0.4 is 11.1 Å². The third-order valence-corrected chi connectivity index (χ3v) is 5.85. The van der Waals surface area contributed by atoms with E-state index in [1.807, 2.05) is 25.1 Å². The molecule has 2 bridgehead atoms. The molecule has 2 saturated carbocycles. The monoisotopic (exact) mass is 347 g/mol. The summed E-state index contributed by atoms with van der Waals surface area (Å²) >= 11 is 0. The molecular weight excluding hydrogens is 317 g/mol. The number of halogens is 1. The SMILES string of the molecule is CN(C)Cc1cc(CNC(=O)C2CC3CCCC(C2)C3N)ccc1F. The average molecular weight is 347 g/mol. The Morgan fingerprint density at radius 3 is 2.60 bits per heavy atom. The van der Waals surface area contributed by atoms with Crippen molar-refractivity contribution in [1.29, 1.82) is 0 Å². The molecule has 3 N–H and O–H groups in total. The molecule has 0 aromatic heterocycles. The van der Waals surface area contributed by atoms with E-state index in [0.29, 0.717) is 30.5 Å². The van der Waals surface area contributed by atoms with Gasteiger partial charge in [0.2, 0.25) is 5.91 Å². The minimum absolute atomic E-state index is 0.0804. The average Bonchev–Trinajstić information content (AvgIpc) is 2.54. The molecule has 0 heterocycles. The zero-order valence-electron chi connectivity index (χ0n) is 15.3. The second kappa shape index (κ2) is 7.83. The third-order valence-electron chi connectivity index (χ3n) is 5.85. The van der Waals surface area contributed by atoms with Gasteiger partial charge in [-0.05, 0) is 69.3 Å². The molecule has 2 fully saturated rings. The van der Waals surface area contributed by atoms with Gasteiger partial charge in [0.05, 0.1) is 0 Å². The van der Waals surface area contributed by atoms with Crippen LogP contribution in [0.25, 0.3) is 0 Å². The summed E-state index contributed by atoms with van der Waals surface area (Å²) in [6.07, 6.45) is 5.40. The topological polar surface area (TPSA) is 58.4 Å². The number of hydrogen-bond acceptors (Lipinski definition) is 3. The van der Waals surface area contributed by atoms with Gasteiger partial charge in [-0.25, -0.2) is 4.39 Å². The molecule has 0 radical (unpaired) electrons. The summed E-state index contributed by atoms with van der Waals surface area (Å²) < 4.78 is 13.9. The molecule has 2 aliphatic carbocycles. The highest BCUT2D eigenvalue weighted by Crippen LogP contribution is 2.41. The molecule has 1 amide bonds. The Bertz CT molecular complexity index is 605. The predicted octanol–water partition coefficient (Wildman–Crippen LogP) is 2.66. The normalized spacial score (nSPS) is 28.8. The lowest BCUT2D eigenvalue weighted by atomic mass is 9.65. The lowest BCUT2D eigenvalue weighted by molar-refractivity contribution is -0.128. The van der Waals surface area contributed by atoms with E-state index in [-0.39, 0.29) is 23.7 Å². The third kappa shape index (κ3) is 4.39. The first kappa shape index (κ1) is 18.3. The van der Waals surface area contributed by atoms with Crippen LogP contribution in [0.5, 0.6) is 0 Å². The molecule has 3 rings (SSSR count). The van der Waals surface area contributed by atoms with E-state index in [2.05, 4.69) is 5.32 Å². The number of rotatable bonds is 5. The fourth-order valence-electron chi connectivity index (χ4n) is 4.54. The number of carbonyl (C=O) groups is 1. The van der Waals surface area contributed by atoms with Crippen molar-refractivity contribution in [2.24, 2.45) is 23.5 Å². The Balaban J connectivity index is 1.57. The number of nitrogens with zero attached hydrogens (tertiary/aromatic N) is 1. The van der Waals surface area contributed by atoms with Crippen molar-refractivity contribution in [2.45, 2.75) is 51.2 Å². The van der Waals surface area contributed by atoms with Crippen molar-refractivity contribution in [2.75, 3.05) is 14.1 Å². The first-order chi connectivity index (χ1) is 11.9. The minimum atomic E-state index is -0.196. The summed E-state index contributed by atoms with van der Waals surface area (Å²) in [5.74, 6) is 1.01. The quantitative estimate of drug-likeness (QED) is 0.861. The zero-order chi connectivity index (χ0) is 18.0. The predicted molar refractivity (Wildman–Crippen MR) is 97.2 cm³/mol. The molecule has 4 nitrogen and oxygen atoms in total. The number of hydrogen-bond donors (Lipinski definition) is 2. The number of carbonyl (C=O) groups excluding carboxylic acids is 1. The fraction of sp³-hybridized carbons (Fsp3) is 0.650. The Hall–Kier alpha value is -1.46. The van der Waals surface area contributed by atoms with Crippen LogP contribution in [0.4, 0.5) is 4.39 Å². The van der Waals surface area contributed by atoms with Gasteiger partial charge in [0.1, 0.15) is 5.82 Å². The lowest BCUT2D eigenvalue weighted by Gasteiger charge is -2.43. The largest absolute Gasteiger partial charge is 0.352 e. The first-order valence-corrected chi connectivity index (χ1v) is 9.39. The molecule has 2 atom stereocenters. The van der Waals surface area contributed by atoms with Crippen molar-refractivity contribution in [3.63, 3.8) is 0 Å². The molecule has 0 spiro atoms. The van der Waals surface area contributed by atoms with Crippen molar-refractivity contribution in [3.05, 3.63) is 35.1 Å². The van der Waals surface area contributed by atoms with Gasteiger partial charge in [-0.2, -0.15) is 0 Å². The van der Waals surface area contributed by atoms with Crippen LogP contribution in [0.1, 0.15) is 43.2 Å². The van der Waals surface area contributed by atoms with Crippen molar-refractivity contribution >= 4 is 5.91 Å². The number of benzene rings is 1. The van der Waals surface area contributed by atoms with Crippen LogP contribution in [0, 0.1) is 23.6 Å². The van der Waals surface area contributed by atoms with Gasteiger partial charge in [-0.1, -0.05) is 12.5 Å². The smallest absolute Gasteiger partial charge is 0.223 e.